The average molecular weight is 242 g/mol. The van der Waals surface area contributed by atoms with Crippen LogP contribution in [-0.4, -0.2) is 22.2 Å². The van der Waals surface area contributed by atoms with E-state index in [4.69, 9.17) is 10.2 Å². The Morgan fingerprint density at radius 3 is 1.33 bits per heavy atom. The normalized spacial score (nSPS) is 6.89. The molecule has 0 unspecified atom stereocenters. The van der Waals surface area contributed by atoms with Gasteiger partial charge in [0.25, 0.3) is 0 Å². The van der Waals surface area contributed by atoms with Crippen LogP contribution in [0.5, 0.6) is 0 Å². The Bertz CT molecular complexity index is 490. The molecule has 0 aliphatic heterocycles. The monoisotopic (exact) mass is 242 g/mol. The molecule has 18 heavy (non-hydrogen) atoms. The molecule has 0 atom stereocenters. The number of rotatable bonds is 4. The highest BCUT2D eigenvalue weighted by Gasteiger charge is 1.91. The quantitative estimate of drug-likeness (QED) is 0.713. The Labute approximate surface area is 105 Å². The molecule has 4 heteroatoms. The molecule has 2 N–H and O–H groups in total. The minimum Gasteiger partial charge on any atom is -0.481 e. The molecule has 4 nitrogen and oxygen atoms in total. The molecule has 0 rings (SSSR count). The molecule has 0 amide bonds. The molecule has 0 saturated carbocycles. The van der Waals surface area contributed by atoms with Crippen molar-refractivity contribution in [2.45, 2.75) is 25.7 Å². The van der Waals surface area contributed by atoms with E-state index in [-0.39, 0.29) is 25.7 Å². The fourth-order valence-corrected chi connectivity index (χ4v) is 0.677. The van der Waals surface area contributed by atoms with E-state index in [1.165, 1.54) is 0 Å². The lowest BCUT2D eigenvalue weighted by molar-refractivity contribution is -0.137. The number of aliphatic carboxylic acids is 2. The molecular weight excluding hydrogens is 232 g/mol. The van der Waals surface area contributed by atoms with E-state index in [2.05, 4.69) is 47.4 Å². The fraction of sp³-hybridized carbons (Fsp3) is 0.286. The van der Waals surface area contributed by atoms with Crippen molar-refractivity contribution >= 4 is 11.9 Å². The molecule has 0 saturated heterocycles. The first-order chi connectivity index (χ1) is 8.63. The largest absolute Gasteiger partial charge is 0.481 e. The lowest BCUT2D eigenvalue weighted by atomic mass is 10.3. The number of carbonyl (C=O) groups is 2. The zero-order valence-electron chi connectivity index (χ0n) is 9.54. The first-order valence-electron chi connectivity index (χ1n) is 5.02. The van der Waals surface area contributed by atoms with Gasteiger partial charge in [0, 0.05) is 12.8 Å². The number of hydrogen-bond donors (Lipinski definition) is 2. The van der Waals surface area contributed by atoms with Crippen molar-refractivity contribution in [3.8, 4) is 47.4 Å². The number of hydrogen-bond acceptors (Lipinski definition) is 2. The highest BCUT2D eigenvalue weighted by molar-refractivity contribution is 5.67. The Hall–Kier alpha value is -2.82. The van der Waals surface area contributed by atoms with Gasteiger partial charge in [0.05, 0.1) is 12.8 Å². The van der Waals surface area contributed by atoms with Gasteiger partial charge in [0.15, 0.2) is 0 Å². The maximum Gasteiger partial charge on any atom is 0.304 e. The maximum atomic E-state index is 10.1. The highest BCUT2D eigenvalue weighted by atomic mass is 16.4. The van der Waals surface area contributed by atoms with Crippen LogP contribution >= 0.6 is 0 Å². The van der Waals surface area contributed by atoms with Crippen LogP contribution in [0.2, 0.25) is 0 Å². The summed E-state index contributed by atoms with van der Waals surface area (Å²) in [4.78, 5) is 20.2. The Kier molecular flexibility index (Phi) is 9.01. The van der Waals surface area contributed by atoms with Gasteiger partial charge in [0.2, 0.25) is 0 Å². The summed E-state index contributed by atoms with van der Waals surface area (Å²) < 4.78 is 0. The standard InChI is InChI=1S/C14H10O4/c15-13(16)11-9-7-5-3-1-2-4-6-8-10-12-14(17)18/h9-12H2,(H,15,16)(H,17,18). The van der Waals surface area contributed by atoms with Crippen LogP contribution in [0.15, 0.2) is 0 Å². The lowest BCUT2D eigenvalue weighted by Gasteiger charge is -1.81. The van der Waals surface area contributed by atoms with E-state index in [0.29, 0.717) is 0 Å². The topological polar surface area (TPSA) is 74.6 Å². The maximum absolute atomic E-state index is 10.1. The molecule has 0 aliphatic rings. The highest BCUT2D eigenvalue weighted by Crippen LogP contribution is 1.84. The SMILES string of the molecule is O=C(O)CCC#CC#CC#CC#CCCC(=O)O. The summed E-state index contributed by atoms with van der Waals surface area (Å²) in [5.74, 6) is 18.0. The van der Waals surface area contributed by atoms with Crippen molar-refractivity contribution in [3.05, 3.63) is 0 Å². The average Bonchev–Trinajstić information content (AvgIpc) is 2.29. The van der Waals surface area contributed by atoms with Crippen molar-refractivity contribution in [1.29, 1.82) is 0 Å². The van der Waals surface area contributed by atoms with Gasteiger partial charge in [0.1, 0.15) is 0 Å². The predicted molar refractivity (Wildman–Crippen MR) is 64.8 cm³/mol. The van der Waals surface area contributed by atoms with Crippen LogP contribution < -0.4 is 0 Å². The van der Waals surface area contributed by atoms with E-state index < -0.39 is 11.9 Å². The molecule has 0 bridgehead atoms. The lowest BCUT2D eigenvalue weighted by Crippen LogP contribution is -1.91. The van der Waals surface area contributed by atoms with E-state index in [0.717, 1.165) is 0 Å². The van der Waals surface area contributed by atoms with Crippen LogP contribution in [0.4, 0.5) is 0 Å². The van der Waals surface area contributed by atoms with Crippen LogP contribution in [0, 0.1) is 47.4 Å². The second-order valence-electron chi connectivity index (χ2n) is 2.89. The fourth-order valence-electron chi connectivity index (χ4n) is 0.677. The van der Waals surface area contributed by atoms with Crippen LogP contribution in [0.25, 0.3) is 0 Å². The third-order valence-corrected chi connectivity index (χ3v) is 1.42. The molecule has 0 aromatic carbocycles. The summed E-state index contributed by atoms with van der Waals surface area (Å²) in [6.45, 7) is 0. The first-order valence-corrected chi connectivity index (χ1v) is 5.02. The second-order valence-corrected chi connectivity index (χ2v) is 2.89. The van der Waals surface area contributed by atoms with Gasteiger partial charge in [-0.15, -0.1) is 0 Å². The van der Waals surface area contributed by atoms with Gasteiger partial charge in [-0.3, -0.25) is 9.59 Å². The smallest absolute Gasteiger partial charge is 0.304 e. The van der Waals surface area contributed by atoms with E-state index >= 15 is 0 Å². The molecule has 0 aromatic rings. The number of carboxylic acid groups (broad SMARTS) is 2. The molecule has 0 radical (unpaired) electrons. The van der Waals surface area contributed by atoms with Crippen molar-refractivity contribution in [2.75, 3.05) is 0 Å². The van der Waals surface area contributed by atoms with Crippen molar-refractivity contribution in [2.24, 2.45) is 0 Å². The van der Waals surface area contributed by atoms with Crippen LogP contribution in [0.1, 0.15) is 25.7 Å². The third-order valence-electron chi connectivity index (χ3n) is 1.42. The van der Waals surface area contributed by atoms with Crippen molar-refractivity contribution in [3.63, 3.8) is 0 Å². The van der Waals surface area contributed by atoms with Crippen LogP contribution in [-0.2, 0) is 9.59 Å². The number of carboxylic acids is 2. The molecule has 90 valence electrons. The summed E-state index contributed by atoms with van der Waals surface area (Å²) >= 11 is 0. The second kappa shape index (κ2) is 10.7. The molecule has 0 aromatic heterocycles. The van der Waals surface area contributed by atoms with Crippen molar-refractivity contribution < 1.29 is 19.8 Å². The van der Waals surface area contributed by atoms with Crippen molar-refractivity contribution in [1.82, 2.24) is 0 Å². The zero-order chi connectivity index (χ0) is 13.6. The third kappa shape index (κ3) is 13.2. The van der Waals surface area contributed by atoms with E-state index in [1.54, 1.807) is 0 Å². The molecule has 0 aliphatic carbocycles. The Morgan fingerprint density at radius 2 is 1.00 bits per heavy atom. The van der Waals surface area contributed by atoms with Gasteiger partial charge < -0.3 is 10.2 Å². The molecule has 0 fully saturated rings. The summed E-state index contributed by atoms with van der Waals surface area (Å²) in [6.07, 6.45) is 0.504. The van der Waals surface area contributed by atoms with Gasteiger partial charge in [-0.1, -0.05) is 11.8 Å². The van der Waals surface area contributed by atoms with Crippen LogP contribution in [0.3, 0.4) is 0 Å². The van der Waals surface area contributed by atoms with E-state index in [1.807, 2.05) is 0 Å². The minimum atomic E-state index is -0.895. The summed E-state index contributed by atoms with van der Waals surface area (Å²) in [5.41, 5.74) is 0. The molecule has 0 heterocycles. The minimum absolute atomic E-state index is 0.00455. The van der Waals surface area contributed by atoms with Gasteiger partial charge in [-0.25, -0.2) is 0 Å². The van der Waals surface area contributed by atoms with E-state index in [9.17, 15) is 9.59 Å². The first kappa shape index (κ1) is 15.2. The van der Waals surface area contributed by atoms with Gasteiger partial charge >= 0.3 is 11.9 Å². The molecular formula is C14H10O4. The Balaban J connectivity index is 3.89. The summed E-state index contributed by atoms with van der Waals surface area (Å²) in [6, 6.07) is 0. The van der Waals surface area contributed by atoms with Gasteiger partial charge in [-0.2, -0.15) is 0 Å². The molecule has 0 spiro atoms. The predicted octanol–water partition coefficient (Wildman–Crippen LogP) is 0.730. The van der Waals surface area contributed by atoms with Gasteiger partial charge in [-0.05, 0) is 35.5 Å². The summed E-state index contributed by atoms with van der Waals surface area (Å²) in [5, 5.41) is 16.6. The zero-order valence-corrected chi connectivity index (χ0v) is 9.54. The Morgan fingerprint density at radius 1 is 0.667 bits per heavy atom. The summed E-state index contributed by atoms with van der Waals surface area (Å²) in [7, 11) is 0.